The van der Waals surface area contributed by atoms with Crippen molar-refractivity contribution in [2.24, 2.45) is 5.73 Å². The topological polar surface area (TPSA) is 90.7 Å². The highest BCUT2D eigenvalue weighted by Crippen LogP contribution is 2.26. The number of hydrogen-bond donors (Lipinski definition) is 2. The average Bonchev–Trinajstić information content (AvgIpc) is 2.65. The minimum absolute atomic E-state index is 0.0345. The van der Waals surface area contributed by atoms with Gasteiger partial charge in [0.25, 0.3) is 0 Å². The zero-order chi connectivity index (χ0) is 20.5. The monoisotopic (exact) mass is 404 g/mol. The van der Waals surface area contributed by atoms with Gasteiger partial charge in [0.2, 0.25) is 5.91 Å². The first-order valence-electron chi connectivity index (χ1n) is 9.04. The number of carbonyl (C=O) groups is 2. The quantitative estimate of drug-likeness (QED) is 0.622. The first-order valence-corrected chi connectivity index (χ1v) is 9.42. The number of primary amides is 1. The van der Waals surface area contributed by atoms with Crippen LogP contribution in [0.3, 0.4) is 0 Å². The van der Waals surface area contributed by atoms with Gasteiger partial charge in [0.05, 0.1) is 18.0 Å². The Balaban J connectivity index is 1.84. The molecule has 0 spiro atoms. The van der Waals surface area contributed by atoms with Crippen LogP contribution >= 0.6 is 11.6 Å². The molecule has 0 bridgehead atoms. The van der Waals surface area contributed by atoms with E-state index >= 15 is 0 Å². The molecule has 3 N–H and O–H groups in total. The summed E-state index contributed by atoms with van der Waals surface area (Å²) in [5.41, 5.74) is 7.94. The smallest absolute Gasteiger partial charge is 0.404 e. The van der Waals surface area contributed by atoms with Gasteiger partial charge in [-0.2, -0.15) is 0 Å². The lowest BCUT2D eigenvalue weighted by Crippen LogP contribution is -2.30. The molecular formula is C21H25ClN2O4. The van der Waals surface area contributed by atoms with E-state index in [1.54, 1.807) is 18.2 Å². The van der Waals surface area contributed by atoms with Gasteiger partial charge >= 0.3 is 6.09 Å². The van der Waals surface area contributed by atoms with Gasteiger partial charge < -0.3 is 20.5 Å². The first kappa shape index (κ1) is 21.6. The second-order valence-electron chi connectivity index (χ2n) is 6.64. The number of nitrogens with one attached hydrogen (secondary N) is 1. The van der Waals surface area contributed by atoms with Gasteiger partial charge in [0.1, 0.15) is 19.0 Å². The standard InChI is InChI=1S/C21H25ClN2O4/c1-14(2)17-6-3-15(4-7-17)13-28-19-8-5-16(11-18(19)22)12-20(25)24-9-10-27-21(23)26/h3-8,11,14H,9-10,12-13H2,1-2H3,(H2,23,26)(H,24,25). The fraction of sp³-hybridized carbons (Fsp3) is 0.333. The van der Waals surface area contributed by atoms with Crippen molar-refractivity contribution in [1.29, 1.82) is 0 Å². The molecule has 0 heterocycles. The Labute approximate surface area is 170 Å². The van der Waals surface area contributed by atoms with Crippen molar-refractivity contribution in [3.05, 3.63) is 64.2 Å². The summed E-state index contributed by atoms with van der Waals surface area (Å²) < 4.78 is 10.3. The summed E-state index contributed by atoms with van der Waals surface area (Å²) in [6.45, 7) is 4.96. The van der Waals surface area contributed by atoms with Crippen molar-refractivity contribution in [3.8, 4) is 5.75 Å². The first-order chi connectivity index (χ1) is 13.3. The fourth-order valence-corrected chi connectivity index (χ4v) is 2.78. The molecular weight excluding hydrogens is 380 g/mol. The molecule has 7 heteroatoms. The highest BCUT2D eigenvalue weighted by Gasteiger charge is 2.08. The molecule has 2 aromatic carbocycles. The van der Waals surface area contributed by atoms with Gasteiger partial charge in [0, 0.05) is 0 Å². The Morgan fingerprint density at radius 3 is 2.39 bits per heavy atom. The van der Waals surface area contributed by atoms with Crippen LogP contribution in [0.1, 0.15) is 36.5 Å². The molecule has 0 aliphatic carbocycles. The maximum Gasteiger partial charge on any atom is 0.404 e. The number of ether oxygens (including phenoxy) is 2. The van der Waals surface area contributed by atoms with E-state index in [9.17, 15) is 9.59 Å². The van der Waals surface area contributed by atoms with E-state index in [0.717, 1.165) is 11.1 Å². The summed E-state index contributed by atoms with van der Waals surface area (Å²) in [7, 11) is 0. The van der Waals surface area contributed by atoms with Crippen LogP contribution in [0.2, 0.25) is 5.02 Å². The van der Waals surface area contributed by atoms with Gasteiger partial charge in [0.15, 0.2) is 0 Å². The largest absolute Gasteiger partial charge is 0.487 e. The molecule has 0 saturated heterocycles. The van der Waals surface area contributed by atoms with Crippen LogP contribution in [0.4, 0.5) is 4.79 Å². The second-order valence-corrected chi connectivity index (χ2v) is 7.05. The number of hydrogen-bond acceptors (Lipinski definition) is 4. The number of halogens is 1. The molecule has 0 radical (unpaired) electrons. The van der Waals surface area contributed by atoms with Gasteiger partial charge in [-0.25, -0.2) is 4.79 Å². The number of benzene rings is 2. The van der Waals surface area contributed by atoms with Crippen LogP contribution in [0.25, 0.3) is 0 Å². The van der Waals surface area contributed by atoms with Crippen molar-refractivity contribution in [1.82, 2.24) is 5.32 Å². The Morgan fingerprint density at radius 2 is 1.79 bits per heavy atom. The Bertz CT molecular complexity index is 807. The molecule has 0 aliphatic heterocycles. The van der Waals surface area contributed by atoms with E-state index in [0.29, 0.717) is 23.3 Å². The summed E-state index contributed by atoms with van der Waals surface area (Å²) in [5.74, 6) is 0.849. The molecule has 0 aromatic heterocycles. The third-order valence-corrected chi connectivity index (χ3v) is 4.37. The summed E-state index contributed by atoms with van der Waals surface area (Å²) in [4.78, 5) is 22.3. The van der Waals surface area contributed by atoms with Crippen LogP contribution in [0.15, 0.2) is 42.5 Å². The Hall–Kier alpha value is -2.73. The van der Waals surface area contributed by atoms with Crippen molar-refractivity contribution in [2.45, 2.75) is 32.8 Å². The van der Waals surface area contributed by atoms with E-state index in [2.05, 4.69) is 36.0 Å². The van der Waals surface area contributed by atoms with E-state index in [1.165, 1.54) is 5.56 Å². The van der Waals surface area contributed by atoms with Crippen LogP contribution in [0, 0.1) is 0 Å². The van der Waals surface area contributed by atoms with Crippen LogP contribution < -0.4 is 15.8 Å². The number of nitrogens with two attached hydrogens (primary N) is 1. The van der Waals surface area contributed by atoms with Crippen LogP contribution in [-0.4, -0.2) is 25.2 Å². The lowest BCUT2D eigenvalue weighted by Gasteiger charge is -2.11. The molecule has 0 aliphatic rings. The zero-order valence-corrected chi connectivity index (χ0v) is 16.8. The second kappa shape index (κ2) is 10.6. The highest BCUT2D eigenvalue weighted by molar-refractivity contribution is 6.32. The molecule has 2 amide bonds. The predicted octanol–water partition coefficient (Wildman–Crippen LogP) is 3.80. The highest BCUT2D eigenvalue weighted by atomic mass is 35.5. The molecule has 2 rings (SSSR count). The molecule has 0 atom stereocenters. The molecule has 28 heavy (non-hydrogen) atoms. The van der Waals surface area contributed by atoms with Gasteiger partial charge in [-0.15, -0.1) is 0 Å². The van der Waals surface area contributed by atoms with Gasteiger partial charge in [-0.3, -0.25) is 4.79 Å². The number of amides is 2. The number of carbonyl (C=O) groups excluding carboxylic acids is 2. The predicted molar refractivity (Wildman–Crippen MR) is 109 cm³/mol. The summed E-state index contributed by atoms with van der Waals surface area (Å²) in [6.07, 6.45) is -0.708. The van der Waals surface area contributed by atoms with Crippen LogP contribution in [0.5, 0.6) is 5.75 Å². The minimum atomic E-state index is -0.868. The molecule has 0 fully saturated rings. The van der Waals surface area contributed by atoms with Crippen molar-refractivity contribution >= 4 is 23.6 Å². The summed E-state index contributed by atoms with van der Waals surface area (Å²) in [5, 5.41) is 3.08. The van der Waals surface area contributed by atoms with Gasteiger partial charge in [-0.1, -0.05) is 55.8 Å². The molecule has 2 aromatic rings. The minimum Gasteiger partial charge on any atom is -0.487 e. The van der Waals surface area contributed by atoms with Crippen molar-refractivity contribution in [3.63, 3.8) is 0 Å². The molecule has 6 nitrogen and oxygen atoms in total. The van der Waals surface area contributed by atoms with Crippen LogP contribution in [-0.2, 0) is 22.6 Å². The van der Waals surface area contributed by atoms with E-state index < -0.39 is 6.09 Å². The maximum absolute atomic E-state index is 11.9. The SMILES string of the molecule is CC(C)c1ccc(COc2ccc(CC(=O)NCCOC(N)=O)cc2Cl)cc1. The summed E-state index contributed by atoms with van der Waals surface area (Å²) >= 11 is 6.28. The normalized spacial score (nSPS) is 10.6. The number of rotatable bonds is 9. The Kier molecular flexibility index (Phi) is 8.14. The average molecular weight is 405 g/mol. The Morgan fingerprint density at radius 1 is 1.11 bits per heavy atom. The van der Waals surface area contributed by atoms with E-state index in [4.69, 9.17) is 22.1 Å². The molecule has 150 valence electrons. The fourth-order valence-electron chi connectivity index (χ4n) is 2.52. The molecule has 0 saturated carbocycles. The van der Waals surface area contributed by atoms with Crippen molar-refractivity contribution < 1.29 is 19.1 Å². The maximum atomic E-state index is 11.9. The van der Waals surface area contributed by atoms with E-state index in [1.807, 2.05) is 12.1 Å². The zero-order valence-electron chi connectivity index (χ0n) is 16.0. The lowest BCUT2D eigenvalue weighted by atomic mass is 10.0. The third kappa shape index (κ3) is 7.12. The molecule has 0 unspecified atom stereocenters. The van der Waals surface area contributed by atoms with Gasteiger partial charge in [-0.05, 0) is 34.7 Å². The summed E-state index contributed by atoms with van der Waals surface area (Å²) in [6, 6.07) is 13.5. The van der Waals surface area contributed by atoms with E-state index in [-0.39, 0.29) is 25.5 Å². The van der Waals surface area contributed by atoms with Crippen molar-refractivity contribution in [2.75, 3.05) is 13.2 Å². The third-order valence-electron chi connectivity index (χ3n) is 4.07. The lowest BCUT2D eigenvalue weighted by molar-refractivity contribution is -0.120.